The first kappa shape index (κ1) is 14.7. The number of ketones is 1. The molecule has 3 nitrogen and oxygen atoms in total. The maximum Gasteiger partial charge on any atom is 0.142 e. The first-order valence-corrected chi connectivity index (χ1v) is 9.42. The van der Waals surface area contributed by atoms with Gasteiger partial charge in [0.2, 0.25) is 0 Å². The summed E-state index contributed by atoms with van der Waals surface area (Å²) in [6.45, 7) is 8.11. The Morgan fingerprint density at radius 1 is 1.22 bits per heavy atom. The monoisotopic (exact) mass is 316 g/mol. The molecule has 2 unspecified atom stereocenters. The van der Waals surface area contributed by atoms with Crippen LogP contribution in [0.3, 0.4) is 0 Å². The topological polar surface area (TPSA) is 46.5 Å². The first-order valence-electron chi connectivity index (χ1n) is 9.42. The molecule has 0 radical (unpaired) electrons. The molecule has 1 spiro atoms. The number of aliphatic hydroxyl groups excluding tert-OH is 1. The predicted octanol–water partition coefficient (Wildman–Crippen LogP) is 3.12. The highest BCUT2D eigenvalue weighted by molar-refractivity contribution is 5.88. The van der Waals surface area contributed by atoms with E-state index in [1.807, 2.05) is 0 Å². The van der Waals surface area contributed by atoms with Gasteiger partial charge in [-0.1, -0.05) is 19.9 Å². The van der Waals surface area contributed by atoms with E-state index in [2.05, 4.69) is 13.5 Å². The highest BCUT2D eigenvalue weighted by Gasteiger charge is 2.72. The number of fused-ring (bicyclic) bond motifs is 2. The lowest BCUT2D eigenvalue weighted by Gasteiger charge is -2.70. The molecule has 1 aliphatic heterocycles. The zero-order valence-corrected chi connectivity index (χ0v) is 14.1. The maximum atomic E-state index is 13.3. The SMILES string of the molecule is C=C1[C@H]2CC[C@@]3(C(=O)CC4[C@@]5(C)CCC[C@@]4(COC5)C3C2)[C@H]1O. The number of hydrogen-bond acceptors (Lipinski definition) is 3. The largest absolute Gasteiger partial charge is 0.388 e. The highest BCUT2D eigenvalue weighted by atomic mass is 16.5. The molecule has 1 saturated heterocycles. The third-order valence-corrected chi connectivity index (χ3v) is 8.74. The molecule has 1 N–H and O–H groups in total. The molecule has 23 heavy (non-hydrogen) atoms. The molecule has 0 amide bonds. The van der Waals surface area contributed by atoms with Crippen molar-refractivity contribution in [3.05, 3.63) is 12.2 Å². The van der Waals surface area contributed by atoms with Crippen LogP contribution in [-0.2, 0) is 9.53 Å². The average Bonchev–Trinajstić information content (AvgIpc) is 2.52. The molecule has 5 saturated carbocycles. The third-order valence-electron chi connectivity index (χ3n) is 8.74. The van der Waals surface area contributed by atoms with Gasteiger partial charge in [0.25, 0.3) is 0 Å². The van der Waals surface area contributed by atoms with Crippen LogP contribution in [0.2, 0.25) is 0 Å². The molecule has 0 aromatic rings. The van der Waals surface area contributed by atoms with Crippen molar-refractivity contribution >= 4 is 5.78 Å². The second-order valence-corrected chi connectivity index (χ2v) is 9.46. The van der Waals surface area contributed by atoms with Crippen LogP contribution < -0.4 is 0 Å². The second-order valence-electron chi connectivity index (χ2n) is 9.46. The number of Topliss-reactive ketones (excluding diaryl/α,β-unsaturated/α-hetero) is 1. The molecule has 126 valence electrons. The van der Waals surface area contributed by atoms with Crippen molar-refractivity contribution in [2.75, 3.05) is 13.2 Å². The molecule has 6 rings (SSSR count). The van der Waals surface area contributed by atoms with Crippen LogP contribution in [0.5, 0.6) is 0 Å². The Bertz CT molecular complexity index is 584. The molecule has 0 aromatic carbocycles. The number of aliphatic hydroxyl groups is 1. The van der Waals surface area contributed by atoms with Crippen LogP contribution in [0, 0.1) is 34.0 Å². The van der Waals surface area contributed by atoms with Crippen molar-refractivity contribution < 1.29 is 14.6 Å². The lowest BCUT2D eigenvalue weighted by molar-refractivity contribution is -0.252. The van der Waals surface area contributed by atoms with Crippen LogP contribution in [0.4, 0.5) is 0 Å². The van der Waals surface area contributed by atoms with Gasteiger partial charge in [0.15, 0.2) is 0 Å². The predicted molar refractivity (Wildman–Crippen MR) is 86.7 cm³/mol. The Hall–Kier alpha value is -0.670. The summed E-state index contributed by atoms with van der Waals surface area (Å²) in [5.41, 5.74) is 0.679. The van der Waals surface area contributed by atoms with Crippen LogP contribution in [0.25, 0.3) is 0 Å². The molecular formula is C20H28O3. The van der Waals surface area contributed by atoms with Crippen molar-refractivity contribution in [3.8, 4) is 0 Å². The normalized spacial score (nSPS) is 57.8. The van der Waals surface area contributed by atoms with Crippen LogP contribution >= 0.6 is 0 Å². The number of ether oxygens (including phenoxy) is 1. The summed E-state index contributed by atoms with van der Waals surface area (Å²) in [6, 6.07) is 0. The third kappa shape index (κ3) is 1.48. The zero-order chi connectivity index (χ0) is 16.0. The Balaban J connectivity index is 1.68. The molecule has 0 aromatic heterocycles. The first-order chi connectivity index (χ1) is 10.9. The summed E-state index contributed by atoms with van der Waals surface area (Å²) >= 11 is 0. The lowest BCUT2D eigenvalue weighted by atomic mass is 9.35. The Morgan fingerprint density at radius 2 is 2.04 bits per heavy atom. The van der Waals surface area contributed by atoms with Gasteiger partial charge in [0, 0.05) is 11.8 Å². The summed E-state index contributed by atoms with van der Waals surface area (Å²) in [5.74, 6) is 1.51. The lowest BCUT2D eigenvalue weighted by Crippen LogP contribution is -2.71. The molecule has 6 aliphatic rings. The van der Waals surface area contributed by atoms with E-state index in [0.29, 0.717) is 30.0 Å². The number of rotatable bonds is 0. The molecule has 6 fully saturated rings. The molecule has 4 bridgehead atoms. The standard InChI is InChI=1S/C20H28O3/c1-12-13-4-7-20(17(12)22)15(8-13)19-6-3-5-18(2,10-23-11-19)14(19)9-16(20)21/h13-15,17,22H,1,3-11H2,2H3/t13-,14?,15?,17-,18-,19-,20+/m0/s1. The van der Waals surface area contributed by atoms with Crippen LogP contribution in [-0.4, -0.2) is 30.2 Å². The quantitative estimate of drug-likeness (QED) is 0.699. The summed E-state index contributed by atoms with van der Waals surface area (Å²) in [4.78, 5) is 13.3. The fourth-order valence-corrected chi connectivity index (χ4v) is 7.68. The molecule has 5 aliphatic carbocycles. The van der Waals surface area contributed by atoms with Crippen LogP contribution in [0.1, 0.15) is 51.9 Å². The molecular weight excluding hydrogens is 288 g/mol. The van der Waals surface area contributed by atoms with E-state index in [1.54, 1.807) is 0 Å². The minimum Gasteiger partial charge on any atom is -0.388 e. The van der Waals surface area contributed by atoms with Gasteiger partial charge in [-0.2, -0.15) is 0 Å². The van der Waals surface area contributed by atoms with Gasteiger partial charge in [-0.15, -0.1) is 0 Å². The van der Waals surface area contributed by atoms with E-state index in [1.165, 1.54) is 19.3 Å². The van der Waals surface area contributed by atoms with E-state index < -0.39 is 11.5 Å². The van der Waals surface area contributed by atoms with Gasteiger partial charge < -0.3 is 9.84 Å². The second kappa shape index (κ2) is 4.29. The average molecular weight is 316 g/mol. The molecule has 1 heterocycles. The summed E-state index contributed by atoms with van der Waals surface area (Å²) < 4.78 is 6.14. The van der Waals surface area contributed by atoms with Gasteiger partial charge >= 0.3 is 0 Å². The van der Waals surface area contributed by atoms with Crippen LogP contribution in [0.15, 0.2) is 12.2 Å². The number of carbonyl (C=O) groups excluding carboxylic acids is 1. The van der Waals surface area contributed by atoms with Gasteiger partial charge in [0.1, 0.15) is 5.78 Å². The summed E-state index contributed by atoms with van der Waals surface area (Å²) in [7, 11) is 0. The van der Waals surface area contributed by atoms with Gasteiger partial charge in [-0.05, 0) is 60.8 Å². The highest BCUT2D eigenvalue weighted by Crippen LogP contribution is 2.72. The minimum absolute atomic E-state index is 0.125. The van der Waals surface area contributed by atoms with E-state index in [4.69, 9.17) is 4.74 Å². The smallest absolute Gasteiger partial charge is 0.142 e. The summed E-state index contributed by atoms with van der Waals surface area (Å²) in [6.07, 6.45) is 6.62. The van der Waals surface area contributed by atoms with Gasteiger partial charge in [0.05, 0.1) is 24.7 Å². The van der Waals surface area contributed by atoms with E-state index in [0.717, 1.165) is 38.0 Å². The Labute approximate surface area is 138 Å². The maximum absolute atomic E-state index is 13.3. The Morgan fingerprint density at radius 3 is 2.87 bits per heavy atom. The van der Waals surface area contributed by atoms with Gasteiger partial charge in [-0.25, -0.2) is 0 Å². The van der Waals surface area contributed by atoms with Gasteiger partial charge in [-0.3, -0.25) is 4.79 Å². The van der Waals surface area contributed by atoms with Crippen molar-refractivity contribution in [2.24, 2.45) is 34.0 Å². The molecule has 3 heteroatoms. The Kier molecular flexibility index (Phi) is 2.73. The van der Waals surface area contributed by atoms with E-state index >= 15 is 0 Å². The fourth-order valence-electron chi connectivity index (χ4n) is 7.68. The molecule has 7 atom stereocenters. The van der Waals surface area contributed by atoms with E-state index in [9.17, 15) is 9.90 Å². The summed E-state index contributed by atoms with van der Waals surface area (Å²) in [5, 5.41) is 11.0. The number of hydrogen-bond donors (Lipinski definition) is 1. The van der Waals surface area contributed by atoms with Crippen molar-refractivity contribution in [3.63, 3.8) is 0 Å². The van der Waals surface area contributed by atoms with Crippen molar-refractivity contribution in [2.45, 2.75) is 58.0 Å². The van der Waals surface area contributed by atoms with E-state index in [-0.39, 0.29) is 10.8 Å². The minimum atomic E-state index is -0.613. The van der Waals surface area contributed by atoms with Crippen molar-refractivity contribution in [1.29, 1.82) is 0 Å². The van der Waals surface area contributed by atoms with Crippen molar-refractivity contribution in [1.82, 2.24) is 0 Å². The zero-order valence-electron chi connectivity index (χ0n) is 14.1. The fraction of sp³-hybridized carbons (Fsp3) is 0.850. The number of carbonyl (C=O) groups is 1.